The molecule has 0 spiro atoms. The van der Waals surface area contributed by atoms with E-state index < -0.39 is 0 Å². The molecule has 31 heavy (non-hydrogen) atoms. The number of piperidine rings is 1. The minimum atomic E-state index is 0.0271. The highest BCUT2D eigenvalue weighted by molar-refractivity contribution is 5.24. The fourth-order valence-corrected chi connectivity index (χ4v) is 6.52. The first-order valence-corrected chi connectivity index (χ1v) is 13.3. The summed E-state index contributed by atoms with van der Waals surface area (Å²) in [6.07, 6.45) is 18.3. The average molecular weight is 431 g/mol. The third-order valence-corrected chi connectivity index (χ3v) is 8.20. The first-order valence-electron chi connectivity index (χ1n) is 13.3. The Balaban J connectivity index is 1.52. The molecule has 3 aliphatic rings. The number of nitrogens with two attached hydrogens (primary N) is 1. The van der Waals surface area contributed by atoms with Crippen molar-refractivity contribution in [1.82, 2.24) is 14.9 Å². The van der Waals surface area contributed by atoms with Crippen LogP contribution in [0, 0.1) is 5.92 Å². The molecule has 3 N–H and O–H groups in total. The van der Waals surface area contributed by atoms with E-state index in [0.29, 0.717) is 18.1 Å². The highest BCUT2D eigenvalue weighted by Crippen LogP contribution is 2.38. The van der Waals surface area contributed by atoms with Crippen LogP contribution < -0.4 is 11.1 Å². The predicted molar refractivity (Wildman–Crippen MR) is 127 cm³/mol. The number of nitrogens with zero attached hydrogens (tertiary/aromatic N) is 2. The highest BCUT2D eigenvalue weighted by Gasteiger charge is 2.31. The number of aromatic nitrogens is 2. The van der Waals surface area contributed by atoms with E-state index in [0.717, 1.165) is 37.7 Å². The summed E-state index contributed by atoms with van der Waals surface area (Å²) in [4.78, 5) is 5.28. The van der Waals surface area contributed by atoms with Crippen LogP contribution in [0.5, 0.6) is 0 Å². The molecular formula is C26H46N4O. The lowest BCUT2D eigenvalue weighted by Gasteiger charge is -2.30. The number of hydrogen-bond acceptors (Lipinski definition) is 4. The Morgan fingerprint density at radius 3 is 2.45 bits per heavy atom. The lowest BCUT2D eigenvalue weighted by atomic mass is 9.81. The summed E-state index contributed by atoms with van der Waals surface area (Å²) in [5.41, 5.74) is 9.66. The van der Waals surface area contributed by atoms with Crippen LogP contribution in [-0.4, -0.2) is 34.8 Å². The SMILES string of the molecule is CCOC1CCC(c2c(CC3CCCCC3)nc(C(N)CC3CCCCN3)n2C)CC1. The van der Waals surface area contributed by atoms with E-state index in [2.05, 4.69) is 23.9 Å². The summed E-state index contributed by atoms with van der Waals surface area (Å²) in [7, 11) is 2.24. The van der Waals surface area contributed by atoms with Gasteiger partial charge in [0.05, 0.1) is 17.8 Å². The van der Waals surface area contributed by atoms with Gasteiger partial charge in [-0.25, -0.2) is 4.98 Å². The Hall–Kier alpha value is -0.910. The number of imidazole rings is 1. The second kappa shape index (κ2) is 11.3. The summed E-state index contributed by atoms with van der Waals surface area (Å²) < 4.78 is 8.34. The van der Waals surface area contributed by atoms with Gasteiger partial charge in [-0.2, -0.15) is 0 Å². The normalized spacial score (nSPS) is 29.2. The molecule has 2 aliphatic carbocycles. The van der Waals surface area contributed by atoms with Crippen molar-refractivity contribution in [2.45, 2.75) is 121 Å². The fraction of sp³-hybridized carbons (Fsp3) is 0.885. The van der Waals surface area contributed by atoms with Crippen LogP contribution in [0.15, 0.2) is 0 Å². The van der Waals surface area contributed by atoms with Crippen molar-refractivity contribution in [3.8, 4) is 0 Å². The van der Waals surface area contributed by atoms with Crippen molar-refractivity contribution in [3.05, 3.63) is 17.2 Å². The summed E-state index contributed by atoms with van der Waals surface area (Å²) in [5.74, 6) is 2.55. The van der Waals surface area contributed by atoms with Crippen LogP contribution in [0.3, 0.4) is 0 Å². The summed E-state index contributed by atoms with van der Waals surface area (Å²) >= 11 is 0. The van der Waals surface area contributed by atoms with Gasteiger partial charge in [0.2, 0.25) is 0 Å². The molecule has 1 aliphatic heterocycles. The molecule has 1 aromatic rings. The van der Waals surface area contributed by atoms with E-state index in [4.69, 9.17) is 15.5 Å². The Kier molecular flexibility index (Phi) is 8.47. The summed E-state index contributed by atoms with van der Waals surface area (Å²) in [6.45, 7) is 4.09. The standard InChI is InChI=1S/C26H46N4O/c1-3-31-22-14-12-20(13-15-22)25-24(17-19-9-5-4-6-10-19)29-26(30(25)2)23(27)18-21-11-7-8-16-28-21/h19-23,28H,3-18,27H2,1-2H3. The van der Waals surface area contributed by atoms with Gasteiger partial charge in [0.15, 0.2) is 0 Å². The van der Waals surface area contributed by atoms with Crippen LogP contribution in [-0.2, 0) is 18.2 Å². The number of nitrogens with one attached hydrogen (secondary N) is 1. The van der Waals surface area contributed by atoms with Gasteiger partial charge in [-0.05, 0) is 70.8 Å². The van der Waals surface area contributed by atoms with E-state index in [-0.39, 0.29) is 6.04 Å². The average Bonchev–Trinajstić information content (AvgIpc) is 3.12. The monoisotopic (exact) mass is 430 g/mol. The molecule has 4 rings (SSSR count). The zero-order valence-electron chi connectivity index (χ0n) is 20.1. The minimum absolute atomic E-state index is 0.0271. The second-order valence-electron chi connectivity index (χ2n) is 10.5. The molecule has 2 heterocycles. The second-order valence-corrected chi connectivity index (χ2v) is 10.5. The number of ether oxygens (including phenoxy) is 1. The lowest BCUT2D eigenvalue weighted by Crippen LogP contribution is -2.37. The zero-order valence-corrected chi connectivity index (χ0v) is 20.1. The molecule has 0 bridgehead atoms. The molecule has 0 radical (unpaired) electrons. The Morgan fingerprint density at radius 2 is 1.77 bits per heavy atom. The van der Waals surface area contributed by atoms with Crippen molar-refractivity contribution in [1.29, 1.82) is 0 Å². The van der Waals surface area contributed by atoms with E-state index >= 15 is 0 Å². The predicted octanol–water partition coefficient (Wildman–Crippen LogP) is 5.14. The summed E-state index contributed by atoms with van der Waals surface area (Å²) in [6, 6.07) is 0.576. The molecule has 5 nitrogen and oxygen atoms in total. The molecule has 2 unspecified atom stereocenters. The lowest BCUT2D eigenvalue weighted by molar-refractivity contribution is 0.0322. The molecule has 0 aromatic carbocycles. The number of rotatable bonds is 8. The van der Waals surface area contributed by atoms with E-state index in [1.54, 1.807) is 0 Å². The van der Waals surface area contributed by atoms with Crippen molar-refractivity contribution in [3.63, 3.8) is 0 Å². The molecule has 1 aromatic heterocycles. The van der Waals surface area contributed by atoms with Gasteiger partial charge in [0.1, 0.15) is 5.82 Å². The van der Waals surface area contributed by atoms with Crippen molar-refractivity contribution in [2.24, 2.45) is 18.7 Å². The molecule has 176 valence electrons. The maximum atomic E-state index is 6.79. The molecule has 3 fully saturated rings. The quantitative estimate of drug-likeness (QED) is 0.599. The third-order valence-electron chi connectivity index (χ3n) is 8.20. The zero-order chi connectivity index (χ0) is 21.6. The van der Waals surface area contributed by atoms with Crippen molar-refractivity contribution < 1.29 is 4.74 Å². The van der Waals surface area contributed by atoms with E-state index in [1.165, 1.54) is 88.4 Å². The minimum Gasteiger partial charge on any atom is -0.379 e. The van der Waals surface area contributed by atoms with Crippen LogP contribution in [0.4, 0.5) is 0 Å². The highest BCUT2D eigenvalue weighted by atomic mass is 16.5. The maximum absolute atomic E-state index is 6.79. The molecule has 0 amide bonds. The molecule has 2 atom stereocenters. The van der Waals surface area contributed by atoms with Gasteiger partial charge < -0.3 is 20.4 Å². The first kappa shape index (κ1) is 23.3. The Labute approximate surface area is 189 Å². The largest absolute Gasteiger partial charge is 0.379 e. The van der Waals surface area contributed by atoms with E-state index in [1.807, 2.05) is 0 Å². The van der Waals surface area contributed by atoms with Crippen molar-refractivity contribution >= 4 is 0 Å². The first-order chi connectivity index (χ1) is 15.2. The number of hydrogen-bond donors (Lipinski definition) is 2. The molecular weight excluding hydrogens is 384 g/mol. The molecule has 5 heteroatoms. The molecule has 2 saturated carbocycles. The smallest absolute Gasteiger partial charge is 0.126 e. The van der Waals surface area contributed by atoms with Crippen LogP contribution >= 0.6 is 0 Å². The van der Waals surface area contributed by atoms with Crippen LogP contribution in [0.1, 0.15) is 120 Å². The topological polar surface area (TPSA) is 65.1 Å². The third kappa shape index (κ3) is 5.91. The fourth-order valence-electron chi connectivity index (χ4n) is 6.52. The van der Waals surface area contributed by atoms with Gasteiger partial charge in [0, 0.05) is 31.3 Å². The van der Waals surface area contributed by atoms with Gasteiger partial charge in [0.25, 0.3) is 0 Å². The Bertz CT molecular complexity index is 667. The molecule has 1 saturated heterocycles. The van der Waals surface area contributed by atoms with E-state index in [9.17, 15) is 0 Å². The van der Waals surface area contributed by atoms with Gasteiger partial charge in [-0.3, -0.25) is 0 Å². The van der Waals surface area contributed by atoms with Gasteiger partial charge >= 0.3 is 0 Å². The van der Waals surface area contributed by atoms with Gasteiger partial charge in [-0.15, -0.1) is 0 Å². The maximum Gasteiger partial charge on any atom is 0.126 e. The Morgan fingerprint density at radius 1 is 1.03 bits per heavy atom. The van der Waals surface area contributed by atoms with Crippen molar-refractivity contribution in [2.75, 3.05) is 13.2 Å². The van der Waals surface area contributed by atoms with Crippen LogP contribution in [0.25, 0.3) is 0 Å². The van der Waals surface area contributed by atoms with Crippen LogP contribution in [0.2, 0.25) is 0 Å². The van der Waals surface area contributed by atoms with Gasteiger partial charge in [-0.1, -0.05) is 38.5 Å². The summed E-state index contributed by atoms with van der Waals surface area (Å²) in [5, 5.41) is 3.68.